The third-order valence-electron chi connectivity index (χ3n) is 4.68. The second-order valence-electron chi connectivity index (χ2n) is 6.97. The molecular formula is C25H20O5. The summed E-state index contributed by atoms with van der Waals surface area (Å²) in [4.78, 5) is 24.2. The Morgan fingerprint density at radius 2 is 1.67 bits per heavy atom. The van der Waals surface area contributed by atoms with Gasteiger partial charge in [-0.2, -0.15) is 0 Å². The van der Waals surface area contributed by atoms with E-state index in [0.29, 0.717) is 29.1 Å². The van der Waals surface area contributed by atoms with Gasteiger partial charge >= 0.3 is 11.6 Å². The van der Waals surface area contributed by atoms with Crippen molar-refractivity contribution in [2.24, 2.45) is 0 Å². The van der Waals surface area contributed by atoms with E-state index in [1.807, 2.05) is 49.4 Å². The van der Waals surface area contributed by atoms with E-state index in [4.69, 9.17) is 13.9 Å². The highest BCUT2D eigenvalue weighted by atomic mass is 16.5. The number of carbonyl (C=O) groups is 1. The second kappa shape index (κ2) is 8.66. The number of rotatable bonds is 6. The lowest BCUT2D eigenvalue weighted by molar-refractivity contribution is 0.0474. The van der Waals surface area contributed by atoms with Gasteiger partial charge in [-0.15, -0.1) is 0 Å². The van der Waals surface area contributed by atoms with Crippen LogP contribution in [0.4, 0.5) is 0 Å². The highest BCUT2D eigenvalue weighted by Crippen LogP contribution is 2.20. The molecule has 5 nitrogen and oxygen atoms in total. The molecule has 30 heavy (non-hydrogen) atoms. The van der Waals surface area contributed by atoms with Crippen LogP contribution in [-0.4, -0.2) is 5.97 Å². The lowest BCUT2D eigenvalue weighted by atomic mass is 10.1. The fourth-order valence-electron chi connectivity index (χ4n) is 3.11. The Hall–Kier alpha value is -3.86. The van der Waals surface area contributed by atoms with Crippen molar-refractivity contribution < 1.29 is 18.7 Å². The van der Waals surface area contributed by atoms with E-state index in [-0.39, 0.29) is 6.61 Å². The number of benzene rings is 3. The van der Waals surface area contributed by atoms with Crippen molar-refractivity contribution >= 4 is 16.9 Å². The summed E-state index contributed by atoms with van der Waals surface area (Å²) >= 11 is 0. The van der Waals surface area contributed by atoms with E-state index in [9.17, 15) is 9.59 Å². The zero-order valence-electron chi connectivity index (χ0n) is 16.5. The van der Waals surface area contributed by atoms with Crippen molar-refractivity contribution in [3.63, 3.8) is 0 Å². The molecule has 0 aliphatic rings. The number of hydrogen-bond donors (Lipinski definition) is 0. The number of fused-ring (bicyclic) bond motifs is 1. The molecule has 3 aromatic carbocycles. The maximum absolute atomic E-state index is 12.4. The van der Waals surface area contributed by atoms with Gasteiger partial charge in [0.05, 0.1) is 5.56 Å². The minimum absolute atomic E-state index is 0.0176. The van der Waals surface area contributed by atoms with Crippen LogP contribution in [0.5, 0.6) is 5.75 Å². The summed E-state index contributed by atoms with van der Waals surface area (Å²) in [5.74, 6) is 0.190. The summed E-state index contributed by atoms with van der Waals surface area (Å²) in [5, 5.41) is 0.748. The zero-order valence-corrected chi connectivity index (χ0v) is 16.5. The molecule has 0 N–H and O–H groups in total. The Morgan fingerprint density at radius 3 is 2.43 bits per heavy atom. The SMILES string of the molecule is Cc1ccc2c(COC(=O)c3ccc(OCc4ccccc4)cc3)cc(=O)oc2c1. The van der Waals surface area contributed by atoms with Crippen molar-refractivity contribution in [1.82, 2.24) is 0 Å². The molecule has 0 bridgehead atoms. The highest BCUT2D eigenvalue weighted by molar-refractivity contribution is 5.89. The summed E-state index contributed by atoms with van der Waals surface area (Å²) in [6.45, 7) is 2.35. The molecule has 1 aromatic heterocycles. The quantitative estimate of drug-likeness (QED) is 0.335. The smallest absolute Gasteiger partial charge is 0.338 e. The van der Waals surface area contributed by atoms with Crippen molar-refractivity contribution in [3.05, 3.63) is 112 Å². The van der Waals surface area contributed by atoms with E-state index in [0.717, 1.165) is 16.5 Å². The van der Waals surface area contributed by atoms with Crippen LogP contribution in [0.1, 0.15) is 27.0 Å². The first-order chi connectivity index (χ1) is 14.6. The van der Waals surface area contributed by atoms with E-state index < -0.39 is 11.6 Å². The highest BCUT2D eigenvalue weighted by Gasteiger charge is 2.11. The van der Waals surface area contributed by atoms with Gasteiger partial charge in [0.2, 0.25) is 0 Å². The molecule has 4 aromatic rings. The molecule has 0 fully saturated rings. The average molecular weight is 400 g/mol. The molecule has 5 heteroatoms. The first-order valence-electron chi connectivity index (χ1n) is 9.56. The number of carbonyl (C=O) groups excluding carboxylic acids is 1. The summed E-state index contributed by atoms with van der Waals surface area (Å²) in [6, 6.07) is 23.5. The topological polar surface area (TPSA) is 65.7 Å². The van der Waals surface area contributed by atoms with Crippen LogP contribution in [0.25, 0.3) is 11.0 Å². The molecular weight excluding hydrogens is 380 g/mol. The van der Waals surface area contributed by atoms with Gasteiger partial charge in [0.25, 0.3) is 0 Å². The van der Waals surface area contributed by atoms with Gasteiger partial charge in [-0.05, 0) is 48.4 Å². The van der Waals surface area contributed by atoms with Crippen LogP contribution in [0.15, 0.2) is 88.1 Å². The molecule has 0 unspecified atom stereocenters. The van der Waals surface area contributed by atoms with Gasteiger partial charge in [-0.25, -0.2) is 9.59 Å². The van der Waals surface area contributed by atoms with E-state index in [1.165, 1.54) is 6.07 Å². The summed E-state index contributed by atoms with van der Waals surface area (Å²) < 4.78 is 16.4. The molecule has 0 radical (unpaired) electrons. The standard InChI is InChI=1S/C25H20O5/c1-17-7-12-22-20(14-24(26)30-23(22)13-17)16-29-25(27)19-8-10-21(11-9-19)28-15-18-5-3-2-4-6-18/h2-14H,15-16H2,1H3. The van der Waals surface area contributed by atoms with Crippen LogP contribution >= 0.6 is 0 Å². The Labute approximate surface area is 173 Å². The Balaban J connectivity index is 1.41. The molecule has 0 atom stereocenters. The number of ether oxygens (including phenoxy) is 2. The van der Waals surface area contributed by atoms with Gasteiger partial charge in [0.15, 0.2) is 0 Å². The summed E-state index contributed by atoms with van der Waals surface area (Å²) in [5.41, 5.74) is 3.07. The molecule has 0 amide bonds. The molecule has 0 saturated carbocycles. The van der Waals surface area contributed by atoms with E-state index in [1.54, 1.807) is 30.3 Å². The van der Waals surface area contributed by atoms with Crippen LogP contribution in [0.3, 0.4) is 0 Å². The van der Waals surface area contributed by atoms with Gasteiger partial charge in [0, 0.05) is 17.0 Å². The maximum atomic E-state index is 12.4. The monoisotopic (exact) mass is 400 g/mol. The van der Waals surface area contributed by atoms with Gasteiger partial charge in [0.1, 0.15) is 24.5 Å². The summed E-state index contributed by atoms with van der Waals surface area (Å²) in [7, 11) is 0. The number of aryl methyl sites for hydroxylation is 1. The zero-order chi connectivity index (χ0) is 20.9. The minimum Gasteiger partial charge on any atom is -0.489 e. The number of hydrogen-bond acceptors (Lipinski definition) is 5. The van der Waals surface area contributed by atoms with E-state index in [2.05, 4.69) is 0 Å². The molecule has 0 aliphatic heterocycles. The van der Waals surface area contributed by atoms with Gasteiger partial charge in [-0.1, -0.05) is 42.5 Å². The van der Waals surface area contributed by atoms with Gasteiger partial charge < -0.3 is 13.9 Å². The fraction of sp³-hybridized carbons (Fsp3) is 0.120. The first-order valence-corrected chi connectivity index (χ1v) is 9.56. The molecule has 4 rings (SSSR count). The second-order valence-corrected chi connectivity index (χ2v) is 6.97. The van der Waals surface area contributed by atoms with Crippen molar-refractivity contribution in [2.75, 3.05) is 0 Å². The van der Waals surface area contributed by atoms with Crippen LogP contribution < -0.4 is 10.4 Å². The average Bonchev–Trinajstić information content (AvgIpc) is 2.76. The lowest BCUT2D eigenvalue weighted by Crippen LogP contribution is -2.08. The van der Waals surface area contributed by atoms with Crippen LogP contribution in [-0.2, 0) is 18.0 Å². The van der Waals surface area contributed by atoms with E-state index >= 15 is 0 Å². The number of esters is 1. The molecule has 1 heterocycles. The Kier molecular flexibility index (Phi) is 5.61. The largest absolute Gasteiger partial charge is 0.489 e. The van der Waals surface area contributed by atoms with Crippen molar-refractivity contribution in [1.29, 1.82) is 0 Å². The Bertz CT molecular complexity index is 1220. The minimum atomic E-state index is -0.474. The molecule has 150 valence electrons. The third-order valence-corrected chi connectivity index (χ3v) is 4.68. The fourth-order valence-corrected chi connectivity index (χ4v) is 3.11. The third kappa shape index (κ3) is 4.58. The molecule has 0 aliphatic carbocycles. The van der Waals surface area contributed by atoms with Crippen molar-refractivity contribution in [2.45, 2.75) is 20.1 Å². The maximum Gasteiger partial charge on any atom is 0.338 e. The molecule has 0 spiro atoms. The van der Waals surface area contributed by atoms with Crippen molar-refractivity contribution in [3.8, 4) is 5.75 Å². The van der Waals surface area contributed by atoms with Gasteiger partial charge in [-0.3, -0.25) is 0 Å². The van der Waals surface area contributed by atoms with Crippen LogP contribution in [0.2, 0.25) is 0 Å². The predicted molar refractivity (Wildman–Crippen MR) is 114 cm³/mol. The summed E-state index contributed by atoms with van der Waals surface area (Å²) in [6.07, 6.45) is 0. The normalized spacial score (nSPS) is 10.7. The Morgan fingerprint density at radius 1 is 0.900 bits per heavy atom. The lowest BCUT2D eigenvalue weighted by Gasteiger charge is -2.09. The predicted octanol–water partition coefficient (Wildman–Crippen LogP) is 5.04. The first kappa shape index (κ1) is 19.5. The van der Waals surface area contributed by atoms with Crippen LogP contribution in [0, 0.1) is 6.92 Å². The molecule has 0 saturated heterocycles.